The van der Waals surface area contributed by atoms with Gasteiger partial charge in [-0.2, -0.15) is 0 Å². The van der Waals surface area contributed by atoms with Gasteiger partial charge >= 0.3 is 0 Å². The third-order valence-corrected chi connectivity index (χ3v) is 5.57. The Bertz CT molecular complexity index is 525. The predicted molar refractivity (Wildman–Crippen MR) is 77.0 cm³/mol. The molecule has 0 fully saturated rings. The second-order valence-electron chi connectivity index (χ2n) is 3.72. The first-order valence-corrected chi connectivity index (χ1v) is 7.64. The number of carbonyl (C=O) groups excluding carboxylic acids is 1. The molecule has 0 radical (unpaired) electrons. The van der Waals surface area contributed by atoms with E-state index >= 15 is 0 Å². The summed E-state index contributed by atoms with van der Waals surface area (Å²) in [5, 5.41) is 4.94. The monoisotopic (exact) mass is 329 g/mol. The number of halogens is 1. The minimum Gasteiger partial charge on any atom is -0.346 e. The third kappa shape index (κ3) is 2.97. The Morgan fingerprint density at radius 3 is 2.76 bits per heavy atom. The van der Waals surface area contributed by atoms with Gasteiger partial charge in [-0.3, -0.25) is 4.79 Å². The average molecular weight is 330 g/mol. The fraction of sp³-hybridized carbons (Fsp3) is 0.250. The number of hydrogen-bond donors (Lipinski definition) is 1. The molecule has 0 atom stereocenters. The molecule has 17 heavy (non-hydrogen) atoms. The Kier molecular flexibility index (Phi) is 4.01. The number of rotatable bonds is 3. The second-order valence-corrected chi connectivity index (χ2v) is 6.84. The predicted octanol–water partition coefficient (Wildman–Crippen LogP) is 4.12. The molecule has 2 aromatic heterocycles. The van der Waals surface area contributed by atoms with Crippen LogP contribution >= 0.6 is 38.6 Å². The summed E-state index contributed by atoms with van der Waals surface area (Å²) in [6, 6.07) is 3.93. The molecule has 2 heterocycles. The maximum absolute atomic E-state index is 11.9. The Balaban J connectivity index is 2.00. The first kappa shape index (κ1) is 12.8. The second kappa shape index (κ2) is 5.33. The van der Waals surface area contributed by atoms with E-state index in [2.05, 4.69) is 21.2 Å². The molecule has 0 aromatic carbocycles. The fourth-order valence-corrected chi connectivity index (χ4v) is 3.77. The summed E-state index contributed by atoms with van der Waals surface area (Å²) >= 11 is 6.63. The lowest BCUT2D eigenvalue weighted by molar-refractivity contribution is 0.0955. The Hall–Kier alpha value is -0.650. The summed E-state index contributed by atoms with van der Waals surface area (Å²) in [6.07, 6.45) is 0. The summed E-state index contributed by atoms with van der Waals surface area (Å²) in [6.45, 7) is 4.64. The number of hydrogen-bond acceptors (Lipinski definition) is 3. The zero-order chi connectivity index (χ0) is 12.4. The summed E-state index contributed by atoms with van der Waals surface area (Å²) in [4.78, 5) is 15.0. The van der Waals surface area contributed by atoms with Crippen LogP contribution in [-0.4, -0.2) is 5.91 Å². The van der Waals surface area contributed by atoms with E-state index < -0.39 is 0 Å². The Labute approximate surface area is 117 Å². The maximum Gasteiger partial charge on any atom is 0.261 e. The molecule has 0 aliphatic carbocycles. The highest BCUT2D eigenvalue weighted by Gasteiger charge is 2.11. The highest BCUT2D eigenvalue weighted by atomic mass is 79.9. The molecule has 0 spiro atoms. The van der Waals surface area contributed by atoms with Crippen LogP contribution in [-0.2, 0) is 6.54 Å². The van der Waals surface area contributed by atoms with Crippen LogP contribution in [0.2, 0.25) is 0 Å². The molecular weight excluding hydrogens is 318 g/mol. The number of amides is 1. The number of aryl methyl sites for hydroxylation is 2. The van der Waals surface area contributed by atoms with Gasteiger partial charge in [0.25, 0.3) is 5.91 Å². The van der Waals surface area contributed by atoms with Gasteiger partial charge in [0.1, 0.15) is 0 Å². The van der Waals surface area contributed by atoms with E-state index in [0.29, 0.717) is 6.54 Å². The smallest absolute Gasteiger partial charge is 0.261 e. The molecule has 2 nitrogen and oxygen atoms in total. The highest BCUT2D eigenvalue weighted by Crippen LogP contribution is 2.23. The fourth-order valence-electron chi connectivity index (χ4n) is 1.38. The van der Waals surface area contributed by atoms with Crippen LogP contribution < -0.4 is 5.32 Å². The van der Waals surface area contributed by atoms with Crippen molar-refractivity contribution in [3.8, 4) is 0 Å². The normalized spacial score (nSPS) is 10.5. The van der Waals surface area contributed by atoms with Crippen molar-refractivity contribution in [1.82, 2.24) is 5.32 Å². The van der Waals surface area contributed by atoms with Crippen molar-refractivity contribution < 1.29 is 4.79 Å². The largest absolute Gasteiger partial charge is 0.346 e. The van der Waals surface area contributed by atoms with Crippen molar-refractivity contribution >= 4 is 44.5 Å². The van der Waals surface area contributed by atoms with Gasteiger partial charge in [-0.25, -0.2) is 0 Å². The van der Waals surface area contributed by atoms with Crippen molar-refractivity contribution in [1.29, 1.82) is 0 Å². The van der Waals surface area contributed by atoms with Gasteiger partial charge in [-0.1, -0.05) is 0 Å². The summed E-state index contributed by atoms with van der Waals surface area (Å²) in [5.41, 5.74) is 1.18. The molecule has 0 aliphatic heterocycles. The SMILES string of the molecule is Cc1cc(C(=O)NCc2sccc2Br)sc1C. The van der Waals surface area contributed by atoms with Crippen molar-refractivity contribution in [3.63, 3.8) is 0 Å². The lowest BCUT2D eigenvalue weighted by atomic mass is 10.3. The lowest BCUT2D eigenvalue weighted by Crippen LogP contribution is -2.21. The van der Waals surface area contributed by atoms with Crippen LogP contribution in [0.25, 0.3) is 0 Å². The van der Waals surface area contributed by atoms with Gasteiger partial charge in [0.05, 0.1) is 11.4 Å². The Morgan fingerprint density at radius 2 is 2.24 bits per heavy atom. The van der Waals surface area contributed by atoms with E-state index in [9.17, 15) is 4.79 Å². The van der Waals surface area contributed by atoms with E-state index in [4.69, 9.17) is 0 Å². The average Bonchev–Trinajstić information content (AvgIpc) is 2.83. The minimum atomic E-state index is 0.00602. The lowest BCUT2D eigenvalue weighted by Gasteiger charge is -2.01. The third-order valence-electron chi connectivity index (χ3n) is 2.49. The van der Waals surface area contributed by atoms with E-state index in [0.717, 1.165) is 14.2 Å². The van der Waals surface area contributed by atoms with E-state index in [-0.39, 0.29) is 5.91 Å². The van der Waals surface area contributed by atoms with Gasteiger partial charge in [0, 0.05) is 14.2 Å². The molecule has 0 aliphatic rings. The minimum absolute atomic E-state index is 0.00602. The van der Waals surface area contributed by atoms with Gasteiger partial charge in [-0.05, 0) is 52.9 Å². The van der Waals surface area contributed by atoms with E-state index in [1.54, 1.807) is 22.7 Å². The quantitative estimate of drug-likeness (QED) is 0.901. The van der Waals surface area contributed by atoms with Gasteiger partial charge in [-0.15, -0.1) is 22.7 Å². The molecule has 5 heteroatoms. The van der Waals surface area contributed by atoms with Crippen LogP contribution in [0.4, 0.5) is 0 Å². The van der Waals surface area contributed by atoms with Crippen molar-refractivity contribution in [2.45, 2.75) is 20.4 Å². The molecule has 1 N–H and O–H groups in total. The van der Waals surface area contributed by atoms with Crippen LogP contribution in [0.5, 0.6) is 0 Å². The van der Waals surface area contributed by atoms with Crippen LogP contribution in [0.3, 0.4) is 0 Å². The Morgan fingerprint density at radius 1 is 1.47 bits per heavy atom. The van der Waals surface area contributed by atoms with Crippen molar-refractivity contribution in [3.05, 3.63) is 42.2 Å². The summed E-state index contributed by atoms with van der Waals surface area (Å²) in [7, 11) is 0. The first-order valence-electron chi connectivity index (χ1n) is 5.15. The van der Waals surface area contributed by atoms with E-state index in [1.807, 2.05) is 31.4 Å². The summed E-state index contributed by atoms with van der Waals surface area (Å²) in [5.74, 6) is 0.00602. The van der Waals surface area contributed by atoms with Crippen molar-refractivity contribution in [2.24, 2.45) is 0 Å². The number of carbonyl (C=O) groups is 1. The molecule has 0 saturated heterocycles. The van der Waals surface area contributed by atoms with Gasteiger partial charge in [0.15, 0.2) is 0 Å². The zero-order valence-corrected chi connectivity index (χ0v) is 12.8. The van der Waals surface area contributed by atoms with Crippen LogP contribution in [0.15, 0.2) is 22.0 Å². The molecule has 2 rings (SSSR count). The van der Waals surface area contributed by atoms with Crippen molar-refractivity contribution in [2.75, 3.05) is 0 Å². The van der Waals surface area contributed by atoms with E-state index in [1.165, 1.54) is 10.4 Å². The first-order chi connectivity index (χ1) is 8.08. The maximum atomic E-state index is 11.9. The standard InChI is InChI=1S/C12H12BrNOS2/c1-7-5-10(17-8(7)2)12(15)14-6-11-9(13)3-4-16-11/h3-5H,6H2,1-2H3,(H,14,15). The van der Waals surface area contributed by atoms with Crippen LogP contribution in [0, 0.1) is 13.8 Å². The number of nitrogens with one attached hydrogen (secondary N) is 1. The highest BCUT2D eigenvalue weighted by molar-refractivity contribution is 9.10. The molecule has 0 unspecified atom stereocenters. The van der Waals surface area contributed by atoms with Gasteiger partial charge < -0.3 is 5.32 Å². The number of thiophene rings is 2. The molecule has 0 saturated carbocycles. The topological polar surface area (TPSA) is 29.1 Å². The summed E-state index contributed by atoms with van der Waals surface area (Å²) < 4.78 is 1.06. The molecule has 90 valence electrons. The van der Waals surface area contributed by atoms with Crippen LogP contribution in [0.1, 0.15) is 25.0 Å². The molecular formula is C12H12BrNOS2. The molecule has 0 bridgehead atoms. The molecule has 2 aromatic rings. The molecule has 1 amide bonds. The van der Waals surface area contributed by atoms with Gasteiger partial charge in [0.2, 0.25) is 0 Å². The zero-order valence-electron chi connectivity index (χ0n) is 9.54.